The summed E-state index contributed by atoms with van der Waals surface area (Å²) in [5.74, 6) is 0. The third-order valence-corrected chi connectivity index (χ3v) is 4.17. The molecular weight excluding hydrogens is 222 g/mol. The van der Waals surface area contributed by atoms with Crippen molar-refractivity contribution in [3.05, 3.63) is 42.2 Å². The Bertz CT molecular complexity index is 585. The fourth-order valence-electron chi connectivity index (χ4n) is 3.27. The van der Waals surface area contributed by atoms with E-state index in [0.717, 1.165) is 35.6 Å². The van der Waals surface area contributed by atoms with E-state index in [1.54, 1.807) is 6.20 Å². The lowest BCUT2D eigenvalue weighted by molar-refractivity contribution is 0.0353. The standard InChI is InChI=1S/C16H19NO/c1-15(2)7-8-16(18,11-15)14-5-3-4-12-10-17-9-6-13(12)14/h3-6,9-10,18H,7-8,11H2,1-2H3. The van der Waals surface area contributed by atoms with Gasteiger partial charge in [-0.3, -0.25) is 4.98 Å². The zero-order valence-corrected chi connectivity index (χ0v) is 11.0. The summed E-state index contributed by atoms with van der Waals surface area (Å²) >= 11 is 0. The van der Waals surface area contributed by atoms with Crippen molar-refractivity contribution in [2.45, 2.75) is 38.7 Å². The molecule has 3 rings (SSSR count). The Morgan fingerprint density at radius 3 is 2.72 bits per heavy atom. The molecule has 0 radical (unpaired) electrons. The van der Waals surface area contributed by atoms with Crippen LogP contribution >= 0.6 is 0 Å². The molecule has 1 atom stereocenters. The van der Waals surface area contributed by atoms with Crippen molar-refractivity contribution < 1.29 is 5.11 Å². The molecule has 18 heavy (non-hydrogen) atoms. The minimum Gasteiger partial charge on any atom is -0.385 e. The van der Waals surface area contributed by atoms with E-state index in [4.69, 9.17) is 0 Å². The van der Waals surface area contributed by atoms with Gasteiger partial charge in [-0.05, 0) is 41.7 Å². The molecule has 1 aromatic heterocycles. The summed E-state index contributed by atoms with van der Waals surface area (Å²) in [6.45, 7) is 4.47. The molecule has 1 saturated carbocycles. The molecule has 1 heterocycles. The molecule has 1 N–H and O–H groups in total. The van der Waals surface area contributed by atoms with Gasteiger partial charge in [0.05, 0.1) is 5.60 Å². The molecule has 2 nitrogen and oxygen atoms in total. The minimum absolute atomic E-state index is 0.226. The molecule has 1 unspecified atom stereocenters. The van der Waals surface area contributed by atoms with E-state index < -0.39 is 5.60 Å². The van der Waals surface area contributed by atoms with Crippen molar-refractivity contribution in [3.8, 4) is 0 Å². The van der Waals surface area contributed by atoms with Gasteiger partial charge in [0.2, 0.25) is 0 Å². The quantitative estimate of drug-likeness (QED) is 0.827. The van der Waals surface area contributed by atoms with Gasteiger partial charge in [0.25, 0.3) is 0 Å². The highest BCUT2D eigenvalue weighted by Crippen LogP contribution is 2.50. The predicted molar refractivity (Wildman–Crippen MR) is 73.3 cm³/mol. The molecule has 0 spiro atoms. The molecular formula is C16H19NO. The van der Waals surface area contributed by atoms with Gasteiger partial charge < -0.3 is 5.11 Å². The van der Waals surface area contributed by atoms with Gasteiger partial charge in [0, 0.05) is 17.8 Å². The van der Waals surface area contributed by atoms with E-state index in [0.29, 0.717) is 0 Å². The van der Waals surface area contributed by atoms with Crippen LogP contribution in [0.15, 0.2) is 36.7 Å². The Morgan fingerprint density at radius 1 is 1.17 bits per heavy atom. The van der Waals surface area contributed by atoms with Gasteiger partial charge in [-0.25, -0.2) is 0 Å². The summed E-state index contributed by atoms with van der Waals surface area (Å²) in [6.07, 6.45) is 6.42. The third-order valence-electron chi connectivity index (χ3n) is 4.17. The molecule has 0 bridgehead atoms. The molecule has 1 aliphatic rings. The number of pyridine rings is 1. The topological polar surface area (TPSA) is 33.1 Å². The Morgan fingerprint density at radius 2 is 2.00 bits per heavy atom. The molecule has 1 fully saturated rings. The average Bonchev–Trinajstić information content (AvgIpc) is 2.64. The minimum atomic E-state index is -0.676. The lowest BCUT2D eigenvalue weighted by Crippen LogP contribution is -2.23. The zero-order chi connectivity index (χ0) is 12.8. The average molecular weight is 241 g/mol. The van der Waals surface area contributed by atoms with Crippen molar-refractivity contribution >= 4 is 10.8 Å². The second-order valence-electron chi connectivity index (χ2n) is 6.27. The highest BCUT2D eigenvalue weighted by atomic mass is 16.3. The highest BCUT2D eigenvalue weighted by molar-refractivity contribution is 5.85. The summed E-state index contributed by atoms with van der Waals surface area (Å²) in [5, 5.41) is 13.2. The molecule has 2 heteroatoms. The van der Waals surface area contributed by atoms with E-state index in [1.165, 1.54) is 0 Å². The molecule has 2 aromatic rings. The smallest absolute Gasteiger partial charge is 0.0907 e. The Balaban J connectivity index is 2.15. The molecule has 0 amide bonds. The number of fused-ring (bicyclic) bond motifs is 1. The number of aliphatic hydroxyl groups is 1. The summed E-state index contributed by atoms with van der Waals surface area (Å²) < 4.78 is 0. The number of aromatic nitrogens is 1. The van der Waals surface area contributed by atoms with E-state index in [1.807, 2.05) is 18.3 Å². The Labute approximate surface area is 108 Å². The maximum atomic E-state index is 11.0. The zero-order valence-electron chi connectivity index (χ0n) is 11.0. The summed E-state index contributed by atoms with van der Waals surface area (Å²) in [4.78, 5) is 4.15. The SMILES string of the molecule is CC1(C)CCC(O)(c2cccc3cnccc23)C1. The molecule has 94 valence electrons. The summed E-state index contributed by atoms with van der Waals surface area (Å²) in [7, 11) is 0. The van der Waals surface area contributed by atoms with Crippen LogP contribution in [0.3, 0.4) is 0 Å². The maximum absolute atomic E-state index is 11.0. The normalized spacial score (nSPS) is 26.6. The first-order valence-electron chi connectivity index (χ1n) is 6.56. The van der Waals surface area contributed by atoms with Crippen LogP contribution in [-0.2, 0) is 5.60 Å². The van der Waals surface area contributed by atoms with E-state index in [2.05, 4.69) is 31.0 Å². The first-order chi connectivity index (χ1) is 8.50. The summed E-state index contributed by atoms with van der Waals surface area (Å²) in [5.41, 5.74) is 0.613. The van der Waals surface area contributed by atoms with E-state index >= 15 is 0 Å². The van der Waals surface area contributed by atoms with Gasteiger partial charge in [-0.15, -0.1) is 0 Å². The number of hydrogen-bond donors (Lipinski definition) is 1. The van der Waals surface area contributed by atoms with Crippen LogP contribution in [0, 0.1) is 5.41 Å². The molecule has 0 saturated heterocycles. The third kappa shape index (κ3) is 1.81. The van der Waals surface area contributed by atoms with Crippen LogP contribution in [0.4, 0.5) is 0 Å². The molecule has 1 aromatic carbocycles. The van der Waals surface area contributed by atoms with Crippen LogP contribution in [0.25, 0.3) is 10.8 Å². The fourth-order valence-corrected chi connectivity index (χ4v) is 3.27. The largest absolute Gasteiger partial charge is 0.385 e. The second kappa shape index (κ2) is 3.79. The van der Waals surface area contributed by atoms with E-state index in [9.17, 15) is 5.11 Å². The number of nitrogens with zero attached hydrogens (tertiary/aromatic N) is 1. The first-order valence-corrected chi connectivity index (χ1v) is 6.56. The fraction of sp³-hybridized carbons (Fsp3) is 0.438. The van der Waals surface area contributed by atoms with Crippen molar-refractivity contribution in [1.29, 1.82) is 0 Å². The second-order valence-corrected chi connectivity index (χ2v) is 6.27. The van der Waals surface area contributed by atoms with E-state index in [-0.39, 0.29) is 5.41 Å². The van der Waals surface area contributed by atoms with Crippen LogP contribution < -0.4 is 0 Å². The number of rotatable bonds is 1. The number of benzene rings is 1. The van der Waals surface area contributed by atoms with Gasteiger partial charge in [-0.2, -0.15) is 0 Å². The van der Waals surface area contributed by atoms with Gasteiger partial charge in [-0.1, -0.05) is 32.0 Å². The highest BCUT2D eigenvalue weighted by Gasteiger charge is 2.43. The first kappa shape index (κ1) is 11.7. The van der Waals surface area contributed by atoms with Crippen molar-refractivity contribution in [2.75, 3.05) is 0 Å². The van der Waals surface area contributed by atoms with Crippen molar-refractivity contribution in [1.82, 2.24) is 4.98 Å². The van der Waals surface area contributed by atoms with Gasteiger partial charge in [0.1, 0.15) is 0 Å². The molecule has 0 aliphatic heterocycles. The predicted octanol–water partition coefficient (Wildman–Crippen LogP) is 3.63. The monoisotopic (exact) mass is 241 g/mol. The van der Waals surface area contributed by atoms with Crippen LogP contribution in [-0.4, -0.2) is 10.1 Å². The Kier molecular flexibility index (Phi) is 2.46. The van der Waals surface area contributed by atoms with Gasteiger partial charge in [0.15, 0.2) is 0 Å². The van der Waals surface area contributed by atoms with Crippen LogP contribution in [0.2, 0.25) is 0 Å². The van der Waals surface area contributed by atoms with Crippen molar-refractivity contribution in [3.63, 3.8) is 0 Å². The van der Waals surface area contributed by atoms with Crippen molar-refractivity contribution in [2.24, 2.45) is 5.41 Å². The van der Waals surface area contributed by atoms with Gasteiger partial charge >= 0.3 is 0 Å². The lowest BCUT2D eigenvalue weighted by atomic mass is 9.84. The molecule has 1 aliphatic carbocycles. The van der Waals surface area contributed by atoms with Crippen LogP contribution in [0.5, 0.6) is 0 Å². The van der Waals surface area contributed by atoms with Crippen LogP contribution in [0.1, 0.15) is 38.7 Å². The Hall–Kier alpha value is -1.41. The lowest BCUT2D eigenvalue weighted by Gasteiger charge is -2.27. The maximum Gasteiger partial charge on any atom is 0.0907 e. The number of hydrogen-bond acceptors (Lipinski definition) is 2. The summed E-state index contributed by atoms with van der Waals surface area (Å²) in [6, 6.07) is 8.13.